The average Bonchev–Trinajstić information content (AvgIpc) is 2.72. The van der Waals surface area contributed by atoms with E-state index in [2.05, 4.69) is 10.3 Å². The maximum atomic E-state index is 12.5. The first-order valence-electron chi connectivity index (χ1n) is 7.02. The Morgan fingerprint density at radius 2 is 2.09 bits per heavy atom. The number of anilines is 2. The number of rotatable bonds is 2. The lowest BCUT2D eigenvalue weighted by Crippen LogP contribution is -2.30. The summed E-state index contributed by atoms with van der Waals surface area (Å²) in [4.78, 5) is 29.8. The number of pyridine rings is 1. The molecule has 0 fully saturated rings. The molecule has 0 saturated carbocycles. The van der Waals surface area contributed by atoms with Crippen LogP contribution in [0.4, 0.5) is 11.4 Å². The molecule has 110 valence electrons. The van der Waals surface area contributed by atoms with Gasteiger partial charge in [-0.3, -0.25) is 14.6 Å². The van der Waals surface area contributed by atoms with Crippen LogP contribution in [-0.4, -0.2) is 23.3 Å². The van der Waals surface area contributed by atoms with Crippen molar-refractivity contribution in [3.8, 4) is 0 Å². The number of fused-ring (bicyclic) bond motifs is 1. The van der Waals surface area contributed by atoms with Crippen LogP contribution < -0.4 is 10.2 Å². The summed E-state index contributed by atoms with van der Waals surface area (Å²) in [5.74, 6) is -0.244. The molecule has 0 bridgehead atoms. The number of carbonyl (C=O) groups excluding carboxylic acids is 2. The molecule has 0 aliphatic carbocycles. The normalized spacial score (nSPS) is 14.4. The van der Waals surface area contributed by atoms with Gasteiger partial charge in [0.25, 0.3) is 5.91 Å². The molecule has 22 heavy (non-hydrogen) atoms. The summed E-state index contributed by atoms with van der Waals surface area (Å²) < 4.78 is 0. The van der Waals surface area contributed by atoms with Crippen LogP contribution >= 0.6 is 0 Å². The SMILES string of the molecule is O=C1CCN(C(=O)/C=C/c2cccnc2)c2ccccc2N1. The molecule has 0 radical (unpaired) electrons. The van der Waals surface area contributed by atoms with Crippen molar-refractivity contribution in [2.24, 2.45) is 0 Å². The molecule has 1 aromatic heterocycles. The Kier molecular flexibility index (Phi) is 3.96. The molecule has 1 aliphatic rings. The van der Waals surface area contributed by atoms with Gasteiger partial charge in [0.1, 0.15) is 0 Å². The quantitative estimate of drug-likeness (QED) is 0.865. The molecule has 0 atom stereocenters. The maximum absolute atomic E-state index is 12.5. The van der Waals surface area contributed by atoms with Crippen LogP contribution in [0.15, 0.2) is 54.9 Å². The monoisotopic (exact) mass is 293 g/mol. The summed E-state index contributed by atoms with van der Waals surface area (Å²) in [6.07, 6.45) is 6.87. The minimum absolute atomic E-state index is 0.0843. The molecule has 1 aromatic carbocycles. The van der Waals surface area contributed by atoms with Crippen molar-refractivity contribution in [2.45, 2.75) is 6.42 Å². The summed E-state index contributed by atoms with van der Waals surface area (Å²) in [5.41, 5.74) is 2.23. The summed E-state index contributed by atoms with van der Waals surface area (Å²) in [5, 5.41) is 2.81. The number of carbonyl (C=O) groups is 2. The molecule has 2 amide bonds. The Morgan fingerprint density at radius 3 is 2.91 bits per heavy atom. The standard InChI is InChI=1S/C17H15N3O2/c21-16-9-11-20(15-6-2-1-5-14(15)19-16)17(22)8-7-13-4-3-10-18-12-13/h1-8,10,12H,9,11H2,(H,19,21)/b8-7+. The molecule has 0 spiro atoms. The number of hydrogen-bond acceptors (Lipinski definition) is 3. The highest BCUT2D eigenvalue weighted by atomic mass is 16.2. The van der Waals surface area contributed by atoms with E-state index in [0.29, 0.717) is 17.9 Å². The highest BCUT2D eigenvalue weighted by Gasteiger charge is 2.22. The second-order valence-corrected chi connectivity index (χ2v) is 4.92. The highest BCUT2D eigenvalue weighted by molar-refractivity contribution is 6.08. The number of nitrogens with one attached hydrogen (secondary N) is 1. The van der Waals surface area contributed by atoms with Crippen molar-refractivity contribution in [1.82, 2.24) is 4.98 Å². The predicted octanol–water partition coefficient (Wildman–Crippen LogP) is 2.47. The van der Waals surface area contributed by atoms with Gasteiger partial charge < -0.3 is 10.2 Å². The number of benzene rings is 1. The number of aromatic nitrogens is 1. The van der Waals surface area contributed by atoms with Gasteiger partial charge in [-0.15, -0.1) is 0 Å². The highest BCUT2D eigenvalue weighted by Crippen LogP contribution is 2.28. The molecule has 0 unspecified atom stereocenters. The van der Waals surface area contributed by atoms with Crippen LogP contribution in [0.3, 0.4) is 0 Å². The summed E-state index contributed by atoms with van der Waals surface area (Å²) >= 11 is 0. The topological polar surface area (TPSA) is 62.3 Å². The number of para-hydroxylation sites is 2. The second kappa shape index (κ2) is 6.22. The molecular weight excluding hydrogens is 278 g/mol. The van der Waals surface area contributed by atoms with Gasteiger partial charge in [0.15, 0.2) is 0 Å². The van der Waals surface area contributed by atoms with E-state index in [1.54, 1.807) is 29.4 Å². The molecule has 3 rings (SSSR count). The molecule has 2 aromatic rings. The number of amides is 2. The van der Waals surface area contributed by atoms with Crippen LogP contribution in [0.2, 0.25) is 0 Å². The van der Waals surface area contributed by atoms with Crippen molar-refractivity contribution in [3.05, 3.63) is 60.4 Å². The van der Waals surface area contributed by atoms with Gasteiger partial charge in [-0.05, 0) is 29.8 Å². The number of hydrogen-bond donors (Lipinski definition) is 1. The first-order valence-corrected chi connectivity index (χ1v) is 7.02. The lowest BCUT2D eigenvalue weighted by atomic mass is 10.2. The van der Waals surface area contributed by atoms with E-state index in [9.17, 15) is 9.59 Å². The first-order chi connectivity index (χ1) is 10.7. The lowest BCUT2D eigenvalue weighted by molar-refractivity contribution is -0.116. The molecule has 5 heteroatoms. The van der Waals surface area contributed by atoms with Crippen LogP contribution in [-0.2, 0) is 9.59 Å². The van der Waals surface area contributed by atoms with Crippen molar-refractivity contribution in [3.63, 3.8) is 0 Å². The van der Waals surface area contributed by atoms with E-state index in [4.69, 9.17) is 0 Å². The molecule has 0 saturated heterocycles. The van der Waals surface area contributed by atoms with Gasteiger partial charge in [-0.25, -0.2) is 0 Å². The first kappa shape index (κ1) is 14.0. The minimum Gasteiger partial charge on any atom is -0.324 e. The average molecular weight is 293 g/mol. The zero-order chi connectivity index (χ0) is 15.4. The lowest BCUT2D eigenvalue weighted by Gasteiger charge is -2.20. The van der Waals surface area contributed by atoms with E-state index in [1.165, 1.54) is 6.08 Å². The van der Waals surface area contributed by atoms with Crippen LogP contribution in [0.5, 0.6) is 0 Å². The van der Waals surface area contributed by atoms with Gasteiger partial charge in [0.05, 0.1) is 11.4 Å². The van der Waals surface area contributed by atoms with Crippen LogP contribution in [0.1, 0.15) is 12.0 Å². The Labute approximate surface area is 128 Å². The van der Waals surface area contributed by atoms with Crippen molar-refractivity contribution < 1.29 is 9.59 Å². The fourth-order valence-corrected chi connectivity index (χ4v) is 2.32. The molecule has 1 aliphatic heterocycles. The molecule has 2 heterocycles. The van der Waals surface area contributed by atoms with E-state index < -0.39 is 0 Å². The molecule has 5 nitrogen and oxygen atoms in total. The summed E-state index contributed by atoms with van der Waals surface area (Å²) in [6, 6.07) is 11.0. The van der Waals surface area contributed by atoms with E-state index >= 15 is 0 Å². The maximum Gasteiger partial charge on any atom is 0.251 e. The van der Waals surface area contributed by atoms with Gasteiger partial charge in [-0.2, -0.15) is 0 Å². The van der Waals surface area contributed by atoms with Crippen molar-refractivity contribution in [1.29, 1.82) is 0 Å². The van der Waals surface area contributed by atoms with Gasteiger partial charge in [0, 0.05) is 31.4 Å². The third-order valence-electron chi connectivity index (χ3n) is 3.40. The third-order valence-corrected chi connectivity index (χ3v) is 3.40. The Bertz CT molecular complexity index is 726. The molecular formula is C17H15N3O2. The largest absolute Gasteiger partial charge is 0.324 e. The minimum atomic E-state index is -0.159. The number of nitrogens with zero attached hydrogens (tertiary/aromatic N) is 2. The van der Waals surface area contributed by atoms with Crippen molar-refractivity contribution >= 4 is 29.3 Å². The van der Waals surface area contributed by atoms with Crippen LogP contribution in [0, 0.1) is 0 Å². The summed E-state index contributed by atoms with van der Waals surface area (Å²) in [7, 11) is 0. The Morgan fingerprint density at radius 1 is 1.23 bits per heavy atom. The fourth-order valence-electron chi connectivity index (χ4n) is 2.32. The van der Waals surface area contributed by atoms with Crippen molar-refractivity contribution in [2.75, 3.05) is 16.8 Å². The zero-order valence-electron chi connectivity index (χ0n) is 11.9. The van der Waals surface area contributed by atoms with Gasteiger partial charge in [-0.1, -0.05) is 18.2 Å². The predicted molar refractivity (Wildman–Crippen MR) is 85.3 cm³/mol. The van der Waals surface area contributed by atoms with Gasteiger partial charge >= 0.3 is 0 Å². The Hall–Kier alpha value is -2.95. The Balaban J connectivity index is 1.86. The smallest absolute Gasteiger partial charge is 0.251 e. The van der Waals surface area contributed by atoms with Crippen LogP contribution in [0.25, 0.3) is 6.08 Å². The second-order valence-electron chi connectivity index (χ2n) is 4.92. The van der Waals surface area contributed by atoms with E-state index in [0.717, 1.165) is 5.56 Å². The van der Waals surface area contributed by atoms with E-state index in [-0.39, 0.29) is 18.2 Å². The third kappa shape index (κ3) is 3.03. The van der Waals surface area contributed by atoms with Gasteiger partial charge in [0.2, 0.25) is 5.91 Å². The fraction of sp³-hybridized carbons (Fsp3) is 0.118. The molecule has 1 N–H and O–H groups in total. The summed E-state index contributed by atoms with van der Waals surface area (Å²) in [6.45, 7) is 0.360. The zero-order valence-corrected chi connectivity index (χ0v) is 11.9. The van der Waals surface area contributed by atoms with E-state index in [1.807, 2.05) is 30.3 Å².